The summed E-state index contributed by atoms with van der Waals surface area (Å²) in [5, 5.41) is 0. The molecule has 0 saturated heterocycles. The van der Waals surface area contributed by atoms with Gasteiger partial charge < -0.3 is 9.47 Å². The Hall–Kier alpha value is -0.660. The number of carbonyl (C=O) groups is 2. The quantitative estimate of drug-likeness (QED) is 0.477. The van der Waals surface area contributed by atoms with E-state index in [9.17, 15) is 9.59 Å². The van der Waals surface area contributed by atoms with Crippen molar-refractivity contribution in [3.05, 3.63) is 9.75 Å². The van der Waals surface area contributed by atoms with E-state index < -0.39 is 11.9 Å². The first-order valence-electron chi connectivity index (χ1n) is 3.81. The minimum Gasteiger partial charge on any atom is -0.463 e. The molecular formula is C8H9O4S3+. The molecule has 1 aromatic rings. The van der Waals surface area contributed by atoms with Gasteiger partial charge in [0.05, 0.1) is 14.2 Å². The van der Waals surface area contributed by atoms with Crippen LogP contribution in [0.2, 0.25) is 0 Å². The van der Waals surface area contributed by atoms with Crippen LogP contribution in [-0.2, 0) is 9.47 Å². The van der Waals surface area contributed by atoms with E-state index in [-0.39, 0.29) is 0 Å². The number of hydrogen-bond acceptors (Lipinski definition) is 6. The van der Waals surface area contributed by atoms with E-state index in [1.54, 1.807) is 0 Å². The first-order valence-corrected chi connectivity index (χ1v) is 6.67. The summed E-state index contributed by atoms with van der Waals surface area (Å²) < 4.78 is 10.1. The zero-order chi connectivity index (χ0) is 11.4. The zero-order valence-electron chi connectivity index (χ0n) is 8.36. The van der Waals surface area contributed by atoms with Crippen LogP contribution in [0.15, 0.2) is 3.52 Å². The summed E-state index contributed by atoms with van der Waals surface area (Å²) >= 11 is 3.97. The van der Waals surface area contributed by atoms with Crippen molar-refractivity contribution in [3.8, 4) is 0 Å². The second-order valence-electron chi connectivity index (χ2n) is 2.30. The number of carbonyl (C=O) groups excluding carboxylic acids is 2. The Bertz CT molecular complexity index is 352. The van der Waals surface area contributed by atoms with Gasteiger partial charge in [-0.2, -0.15) is 0 Å². The molecule has 15 heavy (non-hydrogen) atoms. The maximum atomic E-state index is 11.4. The maximum absolute atomic E-state index is 11.4. The average Bonchev–Trinajstić information content (AvgIpc) is 2.70. The molecule has 82 valence electrons. The third-order valence-corrected chi connectivity index (χ3v) is 5.43. The highest BCUT2D eigenvalue weighted by atomic mass is 32.2. The van der Waals surface area contributed by atoms with Gasteiger partial charge in [-0.3, -0.25) is 0 Å². The van der Waals surface area contributed by atoms with Crippen LogP contribution >= 0.6 is 34.4 Å². The van der Waals surface area contributed by atoms with Crippen LogP contribution in [0.25, 0.3) is 0 Å². The Morgan fingerprint density at radius 1 is 1.27 bits per heavy atom. The van der Waals surface area contributed by atoms with E-state index in [1.807, 2.05) is 6.26 Å². The highest BCUT2D eigenvalue weighted by Crippen LogP contribution is 2.35. The van der Waals surface area contributed by atoms with E-state index in [2.05, 4.69) is 9.47 Å². The van der Waals surface area contributed by atoms with Gasteiger partial charge in [-0.25, -0.2) is 9.59 Å². The normalized spacial score (nSPS) is 9.80. The predicted octanol–water partition coefficient (Wildman–Crippen LogP) is 2.39. The van der Waals surface area contributed by atoms with E-state index in [1.165, 1.54) is 48.7 Å². The standard InChI is InChI=1S/C8H9O4S3/c1-11-6(9)4-5(7(10)12-2)15-8(13-3)14-4/h1-3H3/q+1. The van der Waals surface area contributed by atoms with Gasteiger partial charge in [0.1, 0.15) is 22.7 Å². The third-order valence-electron chi connectivity index (χ3n) is 1.49. The van der Waals surface area contributed by atoms with Gasteiger partial charge in [-0.05, 0) is 6.26 Å². The molecular weight excluding hydrogens is 256 g/mol. The fraction of sp³-hybridized carbons (Fsp3) is 0.375. The Morgan fingerprint density at radius 2 is 1.87 bits per heavy atom. The fourth-order valence-corrected chi connectivity index (χ4v) is 3.92. The van der Waals surface area contributed by atoms with Crippen molar-refractivity contribution >= 4 is 46.4 Å². The van der Waals surface area contributed by atoms with Crippen molar-refractivity contribution < 1.29 is 19.1 Å². The van der Waals surface area contributed by atoms with Crippen molar-refractivity contribution in [1.29, 1.82) is 0 Å². The van der Waals surface area contributed by atoms with Gasteiger partial charge >= 0.3 is 15.5 Å². The molecule has 0 amide bonds. The fourth-order valence-electron chi connectivity index (χ4n) is 0.818. The van der Waals surface area contributed by atoms with E-state index in [0.717, 1.165) is 3.52 Å². The summed E-state index contributed by atoms with van der Waals surface area (Å²) in [6, 6.07) is 0. The van der Waals surface area contributed by atoms with Gasteiger partial charge in [0, 0.05) is 0 Å². The number of rotatable bonds is 3. The summed E-state index contributed by atoms with van der Waals surface area (Å²) in [6.07, 6.45) is 1.88. The number of esters is 2. The van der Waals surface area contributed by atoms with E-state index in [0.29, 0.717) is 9.75 Å². The van der Waals surface area contributed by atoms with Crippen molar-refractivity contribution in [1.82, 2.24) is 0 Å². The van der Waals surface area contributed by atoms with Crippen LogP contribution in [0.1, 0.15) is 19.3 Å². The molecule has 1 rings (SSSR count). The molecule has 0 aliphatic rings. The zero-order valence-corrected chi connectivity index (χ0v) is 10.8. The van der Waals surface area contributed by atoms with Crippen molar-refractivity contribution in [2.24, 2.45) is 0 Å². The van der Waals surface area contributed by atoms with Gasteiger partial charge in [0.25, 0.3) is 9.75 Å². The molecule has 0 N–H and O–H groups in total. The highest BCUT2D eigenvalue weighted by molar-refractivity contribution is 8.02. The lowest BCUT2D eigenvalue weighted by molar-refractivity contribution is 0.0564. The van der Waals surface area contributed by atoms with Crippen LogP contribution in [0.3, 0.4) is 0 Å². The Balaban J connectivity index is 3.17. The molecule has 0 aliphatic carbocycles. The van der Waals surface area contributed by atoms with Crippen LogP contribution in [0, 0.1) is 0 Å². The van der Waals surface area contributed by atoms with Gasteiger partial charge in [-0.1, -0.05) is 11.8 Å². The van der Waals surface area contributed by atoms with E-state index in [4.69, 9.17) is 0 Å². The summed E-state index contributed by atoms with van der Waals surface area (Å²) in [7, 11) is 2.57. The maximum Gasteiger partial charge on any atom is 0.375 e. The Labute approximate surface area is 99.2 Å². The second kappa shape index (κ2) is 5.43. The van der Waals surface area contributed by atoms with Gasteiger partial charge in [0.15, 0.2) is 0 Å². The van der Waals surface area contributed by atoms with Crippen LogP contribution < -0.4 is 0 Å². The molecule has 4 nitrogen and oxygen atoms in total. The number of hydrogen-bond donors (Lipinski definition) is 0. The highest BCUT2D eigenvalue weighted by Gasteiger charge is 2.34. The Kier molecular flexibility index (Phi) is 4.49. The largest absolute Gasteiger partial charge is 0.463 e. The first-order chi connectivity index (χ1) is 7.13. The molecule has 0 aromatic carbocycles. The van der Waals surface area contributed by atoms with Crippen LogP contribution in [0.4, 0.5) is 0 Å². The predicted molar refractivity (Wildman–Crippen MR) is 61.1 cm³/mol. The smallest absolute Gasteiger partial charge is 0.375 e. The summed E-state index contributed by atoms with van der Waals surface area (Å²) in [5.41, 5.74) is 0. The molecule has 0 aliphatic heterocycles. The molecule has 0 atom stereocenters. The van der Waals surface area contributed by atoms with Crippen molar-refractivity contribution in [2.75, 3.05) is 20.5 Å². The molecule has 7 heteroatoms. The second-order valence-corrected chi connectivity index (χ2v) is 5.93. The topological polar surface area (TPSA) is 52.6 Å². The van der Waals surface area contributed by atoms with Gasteiger partial charge in [-0.15, -0.1) is 0 Å². The molecule has 0 spiro atoms. The van der Waals surface area contributed by atoms with Crippen molar-refractivity contribution in [3.63, 3.8) is 0 Å². The molecule has 1 aromatic heterocycles. The summed E-state index contributed by atoms with van der Waals surface area (Å²) in [6.45, 7) is 0. The van der Waals surface area contributed by atoms with Crippen LogP contribution in [-0.4, -0.2) is 32.4 Å². The lowest BCUT2D eigenvalue weighted by Gasteiger charge is -1.92. The lowest BCUT2D eigenvalue weighted by atomic mass is 10.4. The van der Waals surface area contributed by atoms with Crippen molar-refractivity contribution in [2.45, 2.75) is 3.52 Å². The van der Waals surface area contributed by atoms with E-state index >= 15 is 0 Å². The summed E-state index contributed by atoms with van der Waals surface area (Å²) in [4.78, 5) is 23.3. The molecule has 0 radical (unpaired) electrons. The molecule has 0 unspecified atom stereocenters. The monoisotopic (exact) mass is 265 g/mol. The average molecular weight is 265 g/mol. The Morgan fingerprint density at radius 3 is 2.33 bits per heavy atom. The molecule has 0 bridgehead atoms. The minimum atomic E-state index is -0.503. The third kappa shape index (κ3) is 2.67. The minimum absolute atomic E-state index is 0.304. The molecule has 1 heterocycles. The number of thioether (sulfide) groups is 1. The van der Waals surface area contributed by atoms with Crippen LogP contribution in [0.5, 0.6) is 0 Å². The van der Waals surface area contributed by atoms with Gasteiger partial charge in [0.2, 0.25) is 0 Å². The summed E-state index contributed by atoms with van der Waals surface area (Å²) in [5.74, 6) is -1.01. The number of methoxy groups -OCH3 is 2. The molecule has 0 fully saturated rings. The number of ether oxygens (including phenoxy) is 2. The first kappa shape index (κ1) is 12.4. The molecule has 0 saturated carbocycles. The lowest BCUT2D eigenvalue weighted by Crippen LogP contribution is -2.07. The SMILES string of the molecule is COC(=O)c1sc(SC)[s+]c1C(=O)OC.